The molecule has 0 aliphatic carbocycles. The quantitative estimate of drug-likeness (QED) is 0.0431. The maximum Gasteiger partial charge on any atom is 0.392 e. The summed E-state index contributed by atoms with van der Waals surface area (Å²) in [5.74, 6) is 0.704. The van der Waals surface area contributed by atoms with Gasteiger partial charge >= 0.3 is 5.89 Å². The second-order valence-electron chi connectivity index (χ2n) is 9.26. The number of aromatic nitrogens is 1. The van der Waals surface area contributed by atoms with Crippen molar-refractivity contribution in [2.75, 3.05) is 0 Å². The van der Waals surface area contributed by atoms with E-state index in [0.717, 1.165) is 33.3 Å². The van der Waals surface area contributed by atoms with Crippen molar-refractivity contribution in [3.05, 3.63) is 142 Å². The van der Waals surface area contributed by atoms with Gasteiger partial charge in [-0.15, -0.1) is 17.1 Å². The van der Waals surface area contributed by atoms with Crippen molar-refractivity contribution in [1.82, 2.24) is 0 Å². The number of nitrogens with zero attached hydrogens (tertiary/aromatic N) is 2. The molecule has 8 heteroatoms. The molecule has 0 unspecified atom stereocenters. The third-order valence-corrected chi connectivity index (χ3v) is 6.08. The highest BCUT2D eigenvalue weighted by Crippen LogP contribution is 2.27. The van der Waals surface area contributed by atoms with Gasteiger partial charge in [-0.1, -0.05) is 113 Å². The highest BCUT2D eigenvalue weighted by molar-refractivity contribution is 6.45. The van der Waals surface area contributed by atoms with E-state index in [9.17, 15) is 14.8 Å². The number of aryl methyl sites for hydroxylation is 2. The van der Waals surface area contributed by atoms with Gasteiger partial charge in [0, 0.05) is 23.6 Å². The molecule has 0 radical (unpaired) electrons. The van der Waals surface area contributed by atoms with Gasteiger partial charge in [-0.05, 0) is 32.9 Å². The second kappa shape index (κ2) is 16.3. The van der Waals surface area contributed by atoms with Crippen LogP contribution in [0.4, 0.5) is 0 Å². The summed E-state index contributed by atoms with van der Waals surface area (Å²) in [7, 11) is 0. The van der Waals surface area contributed by atoms with Crippen LogP contribution in [0.1, 0.15) is 44.5 Å². The minimum Gasteiger partial charge on any atom is -0.616 e. The number of ketones is 1. The average molecular weight is 585 g/mol. The maximum atomic E-state index is 12.3. The first-order valence-electron chi connectivity index (χ1n) is 12.9. The number of benzene rings is 4. The van der Waals surface area contributed by atoms with Crippen molar-refractivity contribution in [2.45, 2.75) is 27.7 Å². The Morgan fingerprint density at radius 1 is 0.786 bits per heavy atom. The van der Waals surface area contributed by atoms with Crippen LogP contribution in [0.25, 0.3) is 22.8 Å². The first kappa shape index (κ1) is 33.2. The maximum absolute atomic E-state index is 12.3. The molecule has 1 heterocycles. The summed E-state index contributed by atoms with van der Waals surface area (Å²) in [5.41, 5.74) is 5.98. The predicted octanol–water partition coefficient (Wildman–Crippen LogP) is 7.81. The molecule has 0 aliphatic rings. The molecule has 0 amide bonds. The van der Waals surface area contributed by atoms with Crippen molar-refractivity contribution in [3.8, 4) is 22.8 Å². The Balaban J connectivity index is 0.000000240. The lowest BCUT2D eigenvalue weighted by molar-refractivity contribution is -0.602. The summed E-state index contributed by atoms with van der Waals surface area (Å²) >= 11 is 0. The zero-order chi connectivity index (χ0) is 29.8. The molecule has 0 saturated carbocycles. The SMILES string of the molecule is C/C(=N\O)C(=O)c1ccccc1.Cc1ccc(-c2oc(-c3ccccc3)c(C)[n+]2[O-])cc1.Cc1ccc(C=O)cc1.Cl. The van der Waals surface area contributed by atoms with Crippen LogP contribution in [0.15, 0.2) is 119 Å². The van der Waals surface area contributed by atoms with Gasteiger partial charge in [0.25, 0.3) is 0 Å². The molecule has 7 nitrogen and oxygen atoms in total. The van der Waals surface area contributed by atoms with Crippen molar-refractivity contribution < 1.29 is 23.9 Å². The third-order valence-electron chi connectivity index (χ3n) is 6.08. The van der Waals surface area contributed by atoms with E-state index in [2.05, 4.69) is 5.16 Å². The molecule has 42 heavy (non-hydrogen) atoms. The highest BCUT2D eigenvalue weighted by Gasteiger charge is 2.23. The molecule has 5 rings (SSSR count). The fraction of sp³-hybridized carbons (Fsp3) is 0.118. The van der Waals surface area contributed by atoms with E-state index >= 15 is 0 Å². The van der Waals surface area contributed by atoms with Crippen LogP contribution in [-0.4, -0.2) is 23.0 Å². The lowest BCUT2D eigenvalue weighted by Crippen LogP contribution is -2.29. The number of rotatable bonds is 5. The molecule has 0 spiro atoms. The molecule has 1 N–H and O–H groups in total. The van der Waals surface area contributed by atoms with Crippen LogP contribution in [0, 0.1) is 26.0 Å². The molecule has 0 bridgehead atoms. The van der Waals surface area contributed by atoms with E-state index in [1.54, 1.807) is 31.2 Å². The van der Waals surface area contributed by atoms with Crippen molar-refractivity contribution >= 4 is 30.2 Å². The number of oxazole rings is 1. The molecule has 0 fully saturated rings. The van der Waals surface area contributed by atoms with Crippen LogP contribution < -0.4 is 4.73 Å². The molecule has 4 aromatic carbocycles. The molecular formula is C34H33ClN2O5. The summed E-state index contributed by atoms with van der Waals surface area (Å²) in [6, 6.07) is 33.6. The number of Topliss-reactive ketones (excluding diaryl/α,β-unsaturated/α-hetero) is 1. The first-order chi connectivity index (χ1) is 19.7. The Labute approximate surface area is 251 Å². The van der Waals surface area contributed by atoms with Gasteiger partial charge in [0.1, 0.15) is 12.0 Å². The van der Waals surface area contributed by atoms with E-state index in [-0.39, 0.29) is 23.9 Å². The number of carbonyl (C=O) groups excluding carboxylic acids is 2. The Hall–Kier alpha value is -5.01. The number of halogens is 1. The summed E-state index contributed by atoms with van der Waals surface area (Å²) in [6.07, 6.45) is 0.847. The number of oxime groups is 1. The zero-order valence-electron chi connectivity index (χ0n) is 23.9. The molecule has 0 atom stereocenters. The summed E-state index contributed by atoms with van der Waals surface area (Å²) in [6.45, 7) is 7.25. The first-order valence-corrected chi connectivity index (χ1v) is 12.9. The normalized spacial score (nSPS) is 10.2. The van der Waals surface area contributed by atoms with E-state index in [4.69, 9.17) is 9.62 Å². The van der Waals surface area contributed by atoms with E-state index in [0.29, 0.717) is 22.9 Å². The zero-order valence-corrected chi connectivity index (χ0v) is 24.7. The van der Waals surface area contributed by atoms with Crippen LogP contribution in [0.3, 0.4) is 0 Å². The Morgan fingerprint density at radius 3 is 1.79 bits per heavy atom. The molecular weight excluding hydrogens is 552 g/mol. The predicted molar refractivity (Wildman–Crippen MR) is 167 cm³/mol. The van der Waals surface area contributed by atoms with Crippen molar-refractivity contribution in [2.24, 2.45) is 5.16 Å². The number of carbonyl (C=O) groups is 2. The lowest BCUT2D eigenvalue weighted by Gasteiger charge is -1.97. The highest BCUT2D eigenvalue weighted by atomic mass is 35.5. The largest absolute Gasteiger partial charge is 0.616 e. The van der Waals surface area contributed by atoms with Gasteiger partial charge in [0.05, 0.1) is 5.56 Å². The second-order valence-corrected chi connectivity index (χ2v) is 9.26. The van der Waals surface area contributed by atoms with Crippen LogP contribution >= 0.6 is 12.4 Å². The van der Waals surface area contributed by atoms with Crippen molar-refractivity contribution in [1.29, 1.82) is 0 Å². The Morgan fingerprint density at radius 2 is 1.29 bits per heavy atom. The monoisotopic (exact) mass is 584 g/mol. The molecule has 1 aromatic heterocycles. The number of aldehydes is 1. The topological polar surface area (TPSA) is 107 Å². The van der Waals surface area contributed by atoms with Gasteiger partial charge in [-0.3, -0.25) is 9.59 Å². The fourth-order valence-corrected chi connectivity index (χ4v) is 3.68. The van der Waals surface area contributed by atoms with Crippen LogP contribution in [0.2, 0.25) is 0 Å². The number of hydrogen-bond donors (Lipinski definition) is 1. The average Bonchev–Trinajstić information content (AvgIpc) is 3.32. The molecule has 216 valence electrons. The van der Waals surface area contributed by atoms with Gasteiger partial charge in [0.15, 0.2) is 0 Å². The summed E-state index contributed by atoms with van der Waals surface area (Å²) in [4.78, 5) is 21.4. The van der Waals surface area contributed by atoms with Gasteiger partial charge < -0.3 is 14.8 Å². The summed E-state index contributed by atoms with van der Waals surface area (Å²) in [5, 5.41) is 23.4. The van der Waals surface area contributed by atoms with Gasteiger partial charge in [0.2, 0.25) is 17.2 Å². The van der Waals surface area contributed by atoms with Gasteiger partial charge in [-0.2, -0.15) is 0 Å². The summed E-state index contributed by atoms with van der Waals surface area (Å²) < 4.78 is 6.66. The molecule has 0 aliphatic heterocycles. The fourth-order valence-electron chi connectivity index (χ4n) is 3.68. The minimum atomic E-state index is -0.252. The van der Waals surface area contributed by atoms with Gasteiger partial charge in [-0.25, -0.2) is 0 Å². The Kier molecular flexibility index (Phi) is 12.9. The lowest BCUT2D eigenvalue weighted by atomic mass is 10.1. The minimum absolute atomic E-state index is 0. The van der Waals surface area contributed by atoms with E-state index < -0.39 is 0 Å². The third kappa shape index (κ3) is 9.01. The van der Waals surface area contributed by atoms with E-state index in [1.165, 1.54) is 12.5 Å². The van der Waals surface area contributed by atoms with Crippen LogP contribution in [0.5, 0.6) is 0 Å². The van der Waals surface area contributed by atoms with Crippen LogP contribution in [-0.2, 0) is 0 Å². The smallest absolute Gasteiger partial charge is 0.392 e. The number of hydrogen-bond acceptors (Lipinski definition) is 6. The molecule has 5 aromatic rings. The Bertz CT molecular complexity index is 1600. The van der Waals surface area contributed by atoms with Crippen molar-refractivity contribution in [3.63, 3.8) is 0 Å². The molecule has 0 saturated heterocycles. The van der Waals surface area contributed by atoms with E-state index in [1.807, 2.05) is 98.8 Å². The standard InChI is InChI=1S/C17H15NO2.C9H9NO2.C8H8O.ClH/c1-12-8-10-15(11-9-12)17-18(19)13(2)16(20-17)14-6-4-3-5-7-14;1-7(10-12)9(11)8-5-3-2-4-6-8;1-7-2-4-8(6-9)5-3-7;/h3-11H,1-2H3;2-6,12H,1H3;2-6H,1H3;1H/b;10-7+;;.